The van der Waals surface area contributed by atoms with E-state index < -0.39 is 5.82 Å². The number of ether oxygens (including phenoxy) is 1. The van der Waals surface area contributed by atoms with Crippen LogP contribution in [0.25, 0.3) is 10.9 Å². The van der Waals surface area contributed by atoms with Gasteiger partial charge in [-0.3, -0.25) is 4.79 Å². The summed E-state index contributed by atoms with van der Waals surface area (Å²) in [5.41, 5.74) is 1.64. The van der Waals surface area contributed by atoms with E-state index in [1.165, 1.54) is 31.6 Å². The molecule has 0 fully saturated rings. The van der Waals surface area contributed by atoms with Gasteiger partial charge in [-0.1, -0.05) is 33.6 Å². The minimum atomic E-state index is -0.508. The average molecular weight is 466 g/mol. The minimum Gasteiger partial charge on any atom is -0.494 e. The molecule has 28 heavy (non-hydrogen) atoms. The van der Waals surface area contributed by atoms with E-state index in [1.54, 1.807) is 24.3 Å². The summed E-state index contributed by atoms with van der Waals surface area (Å²) in [6, 6.07) is 7.68. The maximum Gasteiger partial charge on any atom is 0.248 e. The first-order chi connectivity index (χ1) is 13.5. The molecule has 1 aromatic heterocycles. The Labute approximate surface area is 173 Å². The smallest absolute Gasteiger partial charge is 0.248 e. The lowest BCUT2D eigenvalue weighted by Crippen LogP contribution is -2.09. The first-order valence-electron chi connectivity index (χ1n) is 8.10. The number of rotatable bonds is 6. The van der Waals surface area contributed by atoms with Crippen molar-refractivity contribution in [3.05, 3.63) is 59.7 Å². The van der Waals surface area contributed by atoms with Gasteiger partial charge >= 0.3 is 0 Å². The topological polar surface area (TPSA) is 76.1 Å². The van der Waals surface area contributed by atoms with Crippen molar-refractivity contribution in [2.24, 2.45) is 0 Å². The Balaban J connectivity index is 2.01. The number of amides is 1. The van der Waals surface area contributed by atoms with Gasteiger partial charge in [0.2, 0.25) is 5.91 Å². The SMILES string of the molecule is COc1cc2ncnc(Nc3ccc(F)c(Cl)c3)c2cc1NC(=O)C=CCBr. The number of benzene rings is 2. The van der Waals surface area contributed by atoms with Gasteiger partial charge in [-0.2, -0.15) is 0 Å². The summed E-state index contributed by atoms with van der Waals surface area (Å²) in [5, 5.41) is 7.07. The first-order valence-corrected chi connectivity index (χ1v) is 9.60. The van der Waals surface area contributed by atoms with E-state index in [0.29, 0.717) is 39.2 Å². The second-order valence-electron chi connectivity index (χ2n) is 5.59. The van der Waals surface area contributed by atoms with Gasteiger partial charge < -0.3 is 15.4 Å². The number of carbonyl (C=O) groups excluding carboxylic acids is 1. The summed E-state index contributed by atoms with van der Waals surface area (Å²) in [6.45, 7) is 0. The number of nitrogens with one attached hydrogen (secondary N) is 2. The van der Waals surface area contributed by atoms with Crippen LogP contribution in [-0.4, -0.2) is 28.3 Å². The fraction of sp³-hybridized carbons (Fsp3) is 0.105. The molecule has 3 rings (SSSR count). The van der Waals surface area contributed by atoms with E-state index in [-0.39, 0.29) is 10.9 Å². The lowest BCUT2D eigenvalue weighted by atomic mass is 10.1. The second kappa shape index (κ2) is 8.99. The number of carbonyl (C=O) groups is 1. The summed E-state index contributed by atoms with van der Waals surface area (Å²) in [7, 11) is 1.51. The molecular formula is C19H15BrClFN4O2. The van der Waals surface area contributed by atoms with Gasteiger partial charge in [0.25, 0.3) is 0 Å². The highest BCUT2D eigenvalue weighted by Gasteiger charge is 2.12. The molecule has 0 unspecified atom stereocenters. The molecule has 0 aliphatic rings. The van der Waals surface area contributed by atoms with Gasteiger partial charge in [0, 0.05) is 28.5 Å². The van der Waals surface area contributed by atoms with E-state index in [0.717, 1.165) is 0 Å². The van der Waals surface area contributed by atoms with Gasteiger partial charge in [-0.25, -0.2) is 14.4 Å². The Hall–Kier alpha value is -2.71. The fourth-order valence-corrected chi connectivity index (χ4v) is 2.85. The highest BCUT2D eigenvalue weighted by molar-refractivity contribution is 9.09. The van der Waals surface area contributed by atoms with Crippen LogP contribution in [0.1, 0.15) is 0 Å². The van der Waals surface area contributed by atoms with E-state index >= 15 is 0 Å². The average Bonchev–Trinajstić information content (AvgIpc) is 2.69. The Bertz CT molecular complexity index is 1060. The molecule has 3 aromatic rings. The van der Waals surface area contributed by atoms with Crippen molar-refractivity contribution in [2.75, 3.05) is 23.1 Å². The van der Waals surface area contributed by atoms with Crippen molar-refractivity contribution in [1.82, 2.24) is 9.97 Å². The minimum absolute atomic E-state index is 0.00318. The number of methoxy groups -OCH3 is 1. The maximum atomic E-state index is 13.4. The normalized spacial score (nSPS) is 11.0. The van der Waals surface area contributed by atoms with Gasteiger partial charge in [-0.05, 0) is 24.3 Å². The van der Waals surface area contributed by atoms with Crippen LogP contribution in [0.4, 0.5) is 21.6 Å². The summed E-state index contributed by atoms with van der Waals surface area (Å²) in [4.78, 5) is 20.5. The van der Waals surface area contributed by atoms with Crippen LogP contribution in [-0.2, 0) is 4.79 Å². The summed E-state index contributed by atoms with van der Waals surface area (Å²) in [6.07, 6.45) is 4.49. The summed E-state index contributed by atoms with van der Waals surface area (Å²) < 4.78 is 18.7. The molecule has 1 heterocycles. The van der Waals surface area contributed by atoms with Gasteiger partial charge in [-0.15, -0.1) is 0 Å². The fourth-order valence-electron chi connectivity index (χ4n) is 2.49. The first kappa shape index (κ1) is 20.0. The molecule has 0 saturated carbocycles. The molecule has 1 amide bonds. The van der Waals surface area contributed by atoms with Crippen molar-refractivity contribution in [2.45, 2.75) is 0 Å². The van der Waals surface area contributed by atoms with Crippen molar-refractivity contribution >= 4 is 61.5 Å². The van der Waals surface area contributed by atoms with Crippen LogP contribution in [0.15, 0.2) is 48.8 Å². The highest BCUT2D eigenvalue weighted by atomic mass is 79.9. The van der Waals surface area contributed by atoms with Crippen molar-refractivity contribution in [1.29, 1.82) is 0 Å². The Morgan fingerprint density at radius 2 is 2.14 bits per heavy atom. The quantitative estimate of drug-likeness (QED) is 0.393. The largest absolute Gasteiger partial charge is 0.494 e. The lowest BCUT2D eigenvalue weighted by molar-refractivity contribution is -0.111. The lowest BCUT2D eigenvalue weighted by Gasteiger charge is -2.13. The second-order valence-corrected chi connectivity index (χ2v) is 6.65. The van der Waals surface area contributed by atoms with Crippen LogP contribution in [0.3, 0.4) is 0 Å². The molecule has 9 heteroatoms. The Morgan fingerprint density at radius 1 is 1.32 bits per heavy atom. The standard InChI is InChI=1S/C19H15BrClFN4O2/c1-28-17-9-15-12(8-16(17)26-18(27)3-2-6-20)19(24-10-23-15)25-11-4-5-14(22)13(21)7-11/h2-5,7-10H,6H2,1H3,(H,26,27)(H,23,24,25). The van der Waals surface area contributed by atoms with E-state index in [9.17, 15) is 9.18 Å². The summed E-state index contributed by atoms with van der Waals surface area (Å²) >= 11 is 9.07. The Kier molecular flexibility index (Phi) is 6.43. The molecule has 144 valence electrons. The molecule has 0 aliphatic heterocycles. The number of anilines is 3. The number of alkyl halides is 1. The number of hydrogen-bond acceptors (Lipinski definition) is 5. The third kappa shape index (κ3) is 4.58. The zero-order valence-corrected chi connectivity index (χ0v) is 17.0. The zero-order chi connectivity index (χ0) is 20.1. The van der Waals surface area contributed by atoms with Gasteiger partial charge in [0.15, 0.2) is 0 Å². The molecule has 0 aliphatic carbocycles. The predicted molar refractivity (Wildman–Crippen MR) is 112 cm³/mol. The maximum absolute atomic E-state index is 13.4. The van der Waals surface area contributed by atoms with Crippen molar-refractivity contribution in [3.8, 4) is 5.75 Å². The number of aromatic nitrogens is 2. The number of fused-ring (bicyclic) bond motifs is 1. The number of allylic oxidation sites excluding steroid dienone is 1. The number of hydrogen-bond donors (Lipinski definition) is 2. The van der Waals surface area contributed by atoms with Crippen LogP contribution in [0.5, 0.6) is 5.75 Å². The molecule has 6 nitrogen and oxygen atoms in total. The van der Waals surface area contributed by atoms with Crippen LogP contribution >= 0.6 is 27.5 Å². The van der Waals surface area contributed by atoms with E-state index in [4.69, 9.17) is 16.3 Å². The van der Waals surface area contributed by atoms with Crippen LogP contribution in [0.2, 0.25) is 5.02 Å². The van der Waals surface area contributed by atoms with Crippen LogP contribution < -0.4 is 15.4 Å². The van der Waals surface area contributed by atoms with Crippen molar-refractivity contribution in [3.63, 3.8) is 0 Å². The molecule has 0 bridgehead atoms. The molecule has 2 N–H and O–H groups in total. The monoisotopic (exact) mass is 464 g/mol. The third-order valence-electron chi connectivity index (χ3n) is 3.76. The summed E-state index contributed by atoms with van der Waals surface area (Å²) in [5.74, 6) is 0.129. The molecule has 0 saturated heterocycles. The molecular weight excluding hydrogens is 451 g/mol. The Morgan fingerprint density at radius 3 is 2.86 bits per heavy atom. The van der Waals surface area contributed by atoms with Gasteiger partial charge in [0.1, 0.15) is 23.7 Å². The molecule has 0 radical (unpaired) electrons. The van der Waals surface area contributed by atoms with Gasteiger partial charge in [0.05, 0.1) is 23.3 Å². The van der Waals surface area contributed by atoms with E-state index in [1.807, 2.05) is 0 Å². The molecule has 0 atom stereocenters. The molecule has 0 spiro atoms. The molecule has 2 aromatic carbocycles. The van der Waals surface area contributed by atoms with Crippen LogP contribution in [0, 0.1) is 5.82 Å². The van der Waals surface area contributed by atoms with E-state index in [2.05, 4.69) is 36.5 Å². The predicted octanol–water partition coefficient (Wildman–Crippen LogP) is 5.06. The number of halogens is 3. The third-order valence-corrected chi connectivity index (χ3v) is 4.42. The highest BCUT2D eigenvalue weighted by Crippen LogP contribution is 2.33. The van der Waals surface area contributed by atoms with Crippen molar-refractivity contribution < 1.29 is 13.9 Å². The zero-order valence-electron chi connectivity index (χ0n) is 14.7. The number of nitrogens with zero attached hydrogens (tertiary/aromatic N) is 2.